The summed E-state index contributed by atoms with van der Waals surface area (Å²) in [5.41, 5.74) is 13.1. The van der Waals surface area contributed by atoms with Crippen LogP contribution in [0.3, 0.4) is 0 Å². The average molecular weight is 298 g/mol. The lowest BCUT2D eigenvalue weighted by molar-refractivity contribution is 0.638. The highest BCUT2D eigenvalue weighted by Crippen LogP contribution is 2.24. The topological polar surface area (TPSA) is 58.9 Å². The Morgan fingerprint density at radius 2 is 1.64 bits per heavy atom. The molecule has 2 rings (SSSR count). The Hall–Kier alpha value is -2.03. The van der Waals surface area contributed by atoms with Crippen molar-refractivity contribution in [1.29, 1.82) is 0 Å². The van der Waals surface area contributed by atoms with Crippen LogP contribution in [0.2, 0.25) is 0 Å². The van der Waals surface area contributed by atoms with Crippen LogP contribution in [0.4, 0.5) is 5.69 Å². The smallest absolute Gasteiger partial charge is 0.271 e. The molecule has 0 aliphatic carbocycles. The highest BCUT2D eigenvalue weighted by atomic mass is 16.1. The van der Waals surface area contributed by atoms with Gasteiger partial charge in [0.1, 0.15) is 5.69 Å². The zero-order valence-corrected chi connectivity index (χ0v) is 14.2. The van der Waals surface area contributed by atoms with Crippen LogP contribution in [-0.2, 0) is 12.8 Å². The van der Waals surface area contributed by atoms with Crippen LogP contribution in [-0.4, -0.2) is 4.98 Å². The molecule has 3 nitrogen and oxygen atoms in total. The number of pyridine rings is 1. The number of benzene rings is 1. The Labute approximate surface area is 132 Å². The number of H-pyrrole nitrogens is 1. The summed E-state index contributed by atoms with van der Waals surface area (Å²) >= 11 is 0. The van der Waals surface area contributed by atoms with Gasteiger partial charge in [0.2, 0.25) is 0 Å². The van der Waals surface area contributed by atoms with Crippen molar-refractivity contribution >= 4 is 5.69 Å². The third kappa shape index (κ3) is 3.59. The number of nitrogens with one attached hydrogen (secondary N) is 1. The van der Waals surface area contributed by atoms with E-state index in [0.717, 1.165) is 17.7 Å². The molecule has 0 unspecified atom stereocenters. The number of nitrogens with two attached hydrogens (primary N) is 1. The summed E-state index contributed by atoms with van der Waals surface area (Å²) < 4.78 is 0. The maximum Gasteiger partial charge on any atom is 0.271 e. The SMILES string of the molecule is Cc1cc(C)cc(Cc2c(CC(C)C)c(C)[nH]c(=O)c2N)c1. The van der Waals surface area contributed by atoms with Crippen molar-refractivity contribution in [2.24, 2.45) is 5.92 Å². The van der Waals surface area contributed by atoms with Gasteiger partial charge in [0.05, 0.1) is 0 Å². The number of aromatic amines is 1. The number of aryl methyl sites for hydroxylation is 3. The van der Waals surface area contributed by atoms with Gasteiger partial charge in [0, 0.05) is 12.1 Å². The van der Waals surface area contributed by atoms with E-state index >= 15 is 0 Å². The standard InChI is InChI=1S/C19H26N2O/c1-11(2)6-16-14(5)21-19(22)18(20)17(16)10-15-8-12(3)7-13(4)9-15/h7-9,11H,6,10,20H2,1-5H3,(H,21,22). The van der Waals surface area contributed by atoms with Crippen LogP contribution < -0.4 is 11.3 Å². The summed E-state index contributed by atoms with van der Waals surface area (Å²) in [5.74, 6) is 0.516. The summed E-state index contributed by atoms with van der Waals surface area (Å²) in [4.78, 5) is 14.9. The first-order valence-corrected chi connectivity index (χ1v) is 7.85. The quantitative estimate of drug-likeness (QED) is 0.904. The molecule has 3 N–H and O–H groups in total. The molecule has 1 aromatic carbocycles. The van der Waals surface area contributed by atoms with Gasteiger partial charge in [0.25, 0.3) is 5.56 Å². The molecule has 1 aromatic heterocycles. The highest BCUT2D eigenvalue weighted by Gasteiger charge is 2.15. The van der Waals surface area contributed by atoms with E-state index in [1.165, 1.54) is 22.3 Å². The Morgan fingerprint density at radius 3 is 2.18 bits per heavy atom. The molecule has 0 spiro atoms. The second-order valence-electron chi connectivity index (χ2n) is 6.72. The largest absolute Gasteiger partial charge is 0.394 e. The van der Waals surface area contributed by atoms with Crippen LogP contribution in [0.1, 0.15) is 47.4 Å². The number of rotatable bonds is 4. The number of hydrogen-bond donors (Lipinski definition) is 2. The van der Waals surface area contributed by atoms with Crippen molar-refractivity contribution in [2.75, 3.05) is 5.73 Å². The normalized spacial score (nSPS) is 11.2. The van der Waals surface area contributed by atoms with E-state index in [0.29, 0.717) is 18.0 Å². The van der Waals surface area contributed by atoms with Gasteiger partial charge in [-0.2, -0.15) is 0 Å². The molecular formula is C19H26N2O. The fourth-order valence-corrected chi connectivity index (χ4v) is 3.10. The van der Waals surface area contributed by atoms with E-state index in [-0.39, 0.29) is 5.56 Å². The third-order valence-corrected chi connectivity index (χ3v) is 3.96. The third-order valence-electron chi connectivity index (χ3n) is 3.96. The predicted molar refractivity (Wildman–Crippen MR) is 93.5 cm³/mol. The molecule has 2 aromatic rings. The van der Waals surface area contributed by atoms with Gasteiger partial charge >= 0.3 is 0 Å². The molecule has 0 aliphatic rings. The van der Waals surface area contributed by atoms with Crippen molar-refractivity contribution in [3.63, 3.8) is 0 Å². The molecule has 22 heavy (non-hydrogen) atoms. The molecular weight excluding hydrogens is 272 g/mol. The van der Waals surface area contributed by atoms with Crippen molar-refractivity contribution < 1.29 is 0 Å². The molecule has 0 saturated heterocycles. The summed E-state index contributed by atoms with van der Waals surface area (Å²) in [7, 11) is 0. The number of hydrogen-bond acceptors (Lipinski definition) is 2. The Kier molecular flexibility index (Phi) is 4.74. The molecule has 118 valence electrons. The average Bonchev–Trinajstić information content (AvgIpc) is 2.38. The zero-order valence-electron chi connectivity index (χ0n) is 14.2. The van der Waals surface area contributed by atoms with Gasteiger partial charge in [-0.1, -0.05) is 43.2 Å². The molecule has 0 radical (unpaired) electrons. The minimum atomic E-state index is -0.176. The molecule has 0 amide bonds. The molecule has 0 bridgehead atoms. The summed E-state index contributed by atoms with van der Waals surface area (Å²) in [6.07, 6.45) is 1.63. The maximum atomic E-state index is 12.0. The summed E-state index contributed by atoms with van der Waals surface area (Å²) in [6.45, 7) is 10.5. The second-order valence-corrected chi connectivity index (χ2v) is 6.72. The van der Waals surface area contributed by atoms with Crippen molar-refractivity contribution in [2.45, 2.75) is 47.5 Å². The lowest BCUT2D eigenvalue weighted by atomic mass is 9.91. The van der Waals surface area contributed by atoms with E-state index in [1.54, 1.807) is 0 Å². The van der Waals surface area contributed by atoms with E-state index in [2.05, 4.69) is 50.9 Å². The fraction of sp³-hybridized carbons (Fsp3) is 0.421. The van der Waals surface area contributed by atoms with Gasteiger partial charge in [-0.3, -0.25) is 4.79 Å². The lowest BCUT2D eigenvalue weighted by Crippen LogP contribution is -2.20. The van der Waals surface area contributed by atoms with E-state index in [4.69, 9.17) is 5.73 Å². The van der Waals surface area contributed by atoms with Crippen LogP contribution in [0.25, 0.3) is 0 Å². The first-order valence-electron chi connectivity index (χ1n) is 7.85. The lowest BCUT2D eigenvalue weighted by Gasteiger charge is -2.17. The van der Waals surface area contributed by atoms with Crippen molar-refractivity contribution in [1.82, 2.24) is 4.98 Å². The number of anilines is 1. The number of aromatic nitrogens is 1. The maximum absolute atomic E-state index is 12.0. The molecule has 0 atom stereocenters. The van der Waals surface area contributed by atoms with Gasteiger partial charge < -0.3 is 10.7 Å². The monoisotopic (exact) mass is 298 g/mol. The van der Waals surface area contributed by atoms with Crippen LogP contribution in [0, 0.1) is 26.7 Å². The molecule has 0 saturated carbocycles. The van der Waals surface area contributed by atoms with Crippen molar-refractivity contribution in [3.05, 3.63) is 62.1 Å². The number of nitrogen functional groups attached to an aromatic ring is 1. The van der Waals surface area contributed by atoms with E-state index in [1.807, 2.05) is 6.92 Å². The van der Waals surface area contributed by atoms with Gasteiger partial charge in [-0.05, 0) is 49.8 Å². The van der Waals surface area contributed by atoms with Crippen LogP contribution in [0.15, 0.2) is 23.0 Å². The highest BCUT2D eigenvalue weighted by molar-refractivity contribution is 5.53. The Morgan fingerprint density at radius 1 is 1.05 bits per heavy atom. The molecule has 1 heterocycles. The minimum Gasteiger partial charge on any atom is -0.394 e. The summed E-state index contributed by atoms with van der Waals surface area (Å²) in [6, 6.07) is 6.50. The van der Waals surface area contributed by atoms with Crippen LogP contribution >= 0.6 is 0 Å². The van der Waals surface area contributed by atoms with Crippen molar-refractivity contribution in [3.8, 4) is 0 Å². The minimum absolute atomic E-state index is 0.176. The summed E-state index contributed by atoms with van der Waals surface area (Å²) in [5, 5.41) is 0. The predicted octanol–water partition coefficient (Wildman–Crippen LogP) is 3.67. The van der Waals surface area contributed by atoms with Gasteiger partial charge in [-0.25, -0.2) is 0 Å². The first-order chi connectivity index (χ1) is 10.3. The Balaban J connectivity index is 2.55. The van der Waals surface area contributed by atoms with Gasteiger partial charge in [-0.15, -0.1) is 0 Å². The van der Waals surface area contributed by atoms with E-state index < -0.39 is 0 Å². The first kappa shape index (κ1) is 16.3. The zero-order chi connectivity index (χ0) is 16.4. The van der Waals surface area contributed by atoms with Gasteiger partial charge in [0.15, 0.2) is 0 Å². The molecule has 0 fully saturated rings. The second kappa shape index (κ2) is 6.39. The molecule has 0 aliphatic heterocycles. The van der Waals surface area contributed by atoms with Crippen LogP contribution in [0.5, 0.6) is 0 Å². The molecule has 3 heteroatoms. The Bertz CT molecular complexity index is 722. The van der Waals surface area contributed by atoms with E-state index in [9.17, 15) is 4.79 Å². The fourth-order valence-electron chi connectivity index (χ4n) is 3.10.